The van der Waals surface area contributed by atoms with Gasteiger partial charge in [0.2, 0.25) is 12.0 Å². The van der Waals surface area contributed by atoms with Gasteiger partial charge in [0.15, 0.2) is 0 Å². The lowest BCUT2D eigenvalue weighted by atomic mass is 10.2. The molecule has 1 atom stereocenters. The normalized spacial score (nSPS) is 12.2. The van der Waals surface area contributed by atoms with E-state index in [1.165, 1.54) is 17.0 Å². The molecule has 1 aromatic heterocycles. The van der Waals surface area contributed by atoms with E-state index in [1.807, 2.05) is 13.8 Å². The molecule has 0 radical (unpaired) electrons. The molecule has 0 saturated carbocycles. The summed E-state index contributed by atoms with van der Waals surface area (Å²) in [6, 6.07) is -0.342. The molecule has 0 aliphatic heterocycles. The first-order valence-corrected chi connectivity index (χ1v) is 7.12. The number of esters is 1. The summed E-state index contributed by atoms with van der Waals surface area (Å²) < 4.78 is 12.1. The molecule has 120 valence electrons. The van der Waals surface area contributed by atoms with Gasteiger partial charge < -0.3 is 9.47 Å². The molecule has 0 aliphatic carbocycles. The first-order chi connectivity index (χ1) is 10.5. The van der Waals surface area contributed by atoms with Crippen molar-refractivity contribution < 1.29 is 19.1 Å². The molecule has 0 amide bonds. The Morgan fingerprint density at radius 3 is 2.82 bits per heavy atom. The van der Waals surface area contributed by atoms with E-state index in [4.69, 9.17) is 9.47 Å². The molecule has 7 nitrogen and oxygen atoms in total. The average Bonchev–Trinajstić information content (AvgIpc) is 2.86. The average molecular weight is 307 g/mol. The van der Waals surface area contributed by atoms with E-state index >= 15 is 0 Å². The summed E-state index contributed by atoms with van der Waals surface area (Å²) in [5.41, 5.74) is 0.263. The van der Waals surface area contributed by atoms with Crippen molar-refractivity contribution in [3.05, 3.63) is 17.8 Å². The van der Waals surface area contributed by atoms with Crippen LogP contribution in [0.3, 0.4) is 0 Å². The summed E-state index contributed by atoms with van der Waals surface area (Å²) in [6.45, 7) is 8.17. The smallest absolute Gasteiger partial charge is 0.345 e. The Bertz CT molecular complexity index is 571. The summed E-state index contributed by atoms with van der Waals surface area (Å²) in [5.74, 6) is 0.117. The number of nitrogens with zero attached hydrogens (tertiary/aromatic N) is 3. The minimum absolute atomic E-state index is 0.263. The van der Waals surface area contributed by atoms with Crippen molar-refractivity contribution in [2.75, 3.05) is 13.2 Å². The Balaban J connectivity index is 3.05. The van der Waals surface area contributed by atoms with E-state index < -0.39 is 5.97 Å². The second-order valence-corrected chi connectivity index (χ2v) is 5.04. The lowest BCUT2D eigenvalue weighted by Gasteiger charge is -2.10. The first kappa shape index (κ1) is 17.7. The highest BCUT2D eigenvalue weighted by atomic mass is 16.5. The molecule has 0 bridgehead atoms. The van der Waals surface area contributed by atoms with E-state index in [0.29, 0.717) is 18.4 Å². The SMILES string of the molecule is CCOC(=O)c1cnn(C=CC(C)N=C=O)c1OCC(C)C. The predicted octanol–water partition coefficient (Wildman–Crippen LogP) is 2.29. The van der Waals surface area contributed by atoms with Crippen molar-refractivity contribution in [1.29, 1.82) is 0 Å². The highest BCUT2D eigenvalue weighted by Gasteiger charge is 2.19. The second kappa shape index (κ2) is 8.79. The van der Waals surface area contributed by atoms with Crippen LogP contribution in [0.25, 0.3) is 6.20 Å². The topological polar surface area (TPSA) is 82.8 Å². The zero-order valence-electron chi connectivity index (χ0n) is 13.3. The number of isocyanates is 1. The highest BCUT2D eigenvalue weighted by Crippen LogP contribution is 2.21. The number of hydrogen-bond donors (Lipinski definition) is 0. The fraction of sp³-hybridized carbons (Fsp3) is 0.533. The maximum atomic E-state index is 11.9. The van der Waals surface area contributed by atoms with Crippen molar-refractivity contribution in [1.82, 2.24) is 9.78 Å². The molecule has 1 heterocycles. The van der Waals surface area contributed by atoms with Gasteiger partial charge >= 0.3 is 5.97 Å². The minimum Gasteiger partial charge on any atom is -0.477 e. The number of rotatable bonds is 8. The molecule has 0 fully saturated rings. The van der Waals surface area contributed by atoms with Gasteiger partial charge in [-0.05, 0) is 25.8 Å². The largest absolute Gasteiger partial charge is 0.477 e. The molecule has 1 unspecified atom stereocenters. The van der Waals surface area contributed by atoms with E-state index in [2.05, 4.69) is 10.1 Å². The van der Waals surface area contributed by atoms with E-state index in [1.54, 1.807) is 26.1 Å². The molecular weight excluding hydrogens is 286 g/mol. The van der Waals surface area contributed by atoms with Crippen LogP contribution in [0.5, 0.6) is 5.88 Å². The Morgan fingerprint density at radius 2 is 2.23 bits per heavy atom. The lowest BCUT2D eigenvalue weighted by molar-refractivity contribution is 0.0520. The summed E-state index contributed by atoms with van der Waals surface area (Å²) >= 11 is 0. The van der Waals surface area contributed by atoms with Crippen molar-refractivity contribution in [2.45, 2.75) is 33.7 Å². The summed E-state index contributed by atoms with van der Waals surface area (Å²) in [7, 11) is 0. The maximum absolute atomic E-state index is 11.9. The lowest BCUT2D eigenvalue weighted by Crippen LogP contribution is -2.11. The van der Waals surface area contributed by atoms with Crippen LogP contribution in [0, 0.1) is 5.92 Å². The quantitative estimate of drug-likeness (QED) is 0.418. The molecule has 7 heteroatoms. The first-order valence-electron chi connectivity index (χ1n) is 7.12. The van der Waals surface area contributed by atoms with Crippen LogP contribution < -0.4 is 4.74 Å². The summed E-state index contributed by atoms with van der Waals surface area (Å²) in [4.78, 5) is 25.7. The Hall–Kier alpha value is -2.40. The third-order valence-electron chi connectivity index (χ3n) is 2.56. The zero-order valence-corrected chi connectivity index (χ0v) is 13.3. The zero-order chi connectivity index (χ0) is 16.5. The van der Waals surface area contributed by atoms with Crippen LogP contribution in [-0.4, -0.2) is 41.1 Å². The molecular formula is C15H21N3O4. The molecule has 0 N–H and O–H groups in total. The number of ether oxygens (including phenoxy) is 2. The highest BCUT2D eigenvalue weighted by molar-refractivity contribution is 5.91. The second-order valence-electron chi connectivity index (χ2n) is 5.04. The Morgan fingerprint density at radius 1 is 1.50 bits per heavy atom. The van der Waals surface area contributed by atoms with Gasteiger partial charge in [0, 0.05) is 6.20 Å². The van der Waals surface area contributed by atoms with Crippen LogP contribution >= 0.6 is 0 Å². The standard InChI is InChI=1S/C15H21N3O4/c1-5-21-15(20)13-8-17-18(7-6-12(4)16-10-19)14(13)22-9-11(2)3/h6-8,11-12H,5,9H2,1-4H3. The minimum atomic E-state index is -0.486. The Labute approximate surface area is 129 Å². The number of carbonyl (C=O) groups is 1. The van der Waals surface area contributed by atoms with Crippen molar-refractivity contribution in [2.24, 2.45) is 10.9 Å². The number of aliphatic imine (C=N–C) groups is 1. The van der Waals surface area contributed by atoms with E-state index in [-0.39, 0.29) is 18.2 Å². The van der Waals surface area contributed by atoms with Crippen LogP contribution in [0.4, 0.5) is 0 Å². The number of carbonyl (C=O) groups excluding carboxylic acids is 2. The predicted molar refractivity (Wildman–Crippen MR) is 81.4 cm³/mol. The van der Waals surface area contributed by atoms with Gasteiger partial charge in [-0.25, -0.2) is 14.3 Å². The van der Waals surface area contributed by atoms with Gasteiger partial charge in [-0.1, -0.05) is 13.8 Å². The molecule has 0 aromatic carbocycles. The van der Waals surface area contributed by atoms with Gasteiger partial charge in [-0.3, -0.25) is 0 Å². The van der Waals surface area contributed by atoms with Crippen LogP contribution in [0.15, 0.2) is 17.3 Å². The van der Waals surface area contributed by atoms with E-state index in [0.717, 1.165) is 0 Å². The number of aromatic nitrogens is 2. The van der Waals surface area contributed by atoms with Crippen LogP contribution in [0.2, 0.25) is 0 Å². The fourth-order valence-corrected chi connectivity index (χ4v) is 1.53. The van der Waals surface area contributed by atoms with Gasteiger partial charge in [-0.2, -0.15) is 10.1 Å². The van der Waals surface area contributed by atoms with Crippen molar-refractivity contribution >= 4 is 18.2 Å². The van der Waals surface area contributed by atoms with Crippen LogP contribution in [-0.2, 0) is 9.53 Å². The summed E-state index contributed by atoms with van der Waals surface area (Å²) in [6.07, 6.45) is 6.12. The maximum Gasteiger partial charge on any atom is 0.345 e. The third-order valence-corrected chi connectivity index (χ3v) is 2.56. The van der Waals surface area contributed by atoms with Gasteiger partial charge in [-0.15, -0.1) is 0 Å². The molecule has 1 aromatic rings. The molecule has 0 saturated heterocycles. The third kappa shape index (κ3) is 5.18. The number of hydrogen-bond acceptors (Lipinski definition) is 6. The van der Waals surface area contributed by atoms with Gasteiger partial charge in [0.25, 0.3) is 0 Å². The molecule has 22 heavy (non-hydrogen) atoms. The molecule has 1 rings (SSSR count). The molecule has 0 spiro atoms. The van der Waals surface area contributed by atoms with Crippen LogP contribution in [0.1, 0.15) is 38.1 Å². The van der Waals surface area contributed by atoms with E-state index in [9.17, 15) is 9.59 Å². The fourth-order valence-electron chi connectivity index (χ4n) is 1.53. The molecule has 0 aliphatic rings. The van der Waals surface area contributed by atoms with Gasteiger partial charge in [0.05, 0.1) is 25.5 Å². The Kier molecular flexibility index (Phi) is 7.05. The van der Waals surface area contributed by atoms with Gasteiger partial charge in [0.1, 0.15) is 5.56 Å². The van der Waals surface area contributed by atoms with Crippen molar-refractivity contribution in [3.63, 3.8) is 0 Å². The van der Waals surface area contributed by atoms with Crippen molar-refractivity contribution in [3.8, 4) is 5.88 Å². The monoisotopic (exact) mass is 307 g/mol. The summed E-state index contributed by atoms with van der Waals surface area (Å²) in [5, 5.41) is 4.09.